The van der Waals surface area contributed by atoms with Gasteiger partial charge in [0.2, 0.25) is 0 Å². The van der Waals surface area contributed by atoms with E-state index in [4.69, 9.17) is 0 Å². The van der Waals surface area contributed by atoms with Crippen LogP contribution in [0.3, 0.4) is 0 Å². The maximum atomic E-state index is 4.02. The highest BCUT2D eigenvalue weighted by atomic mass is 32.2. The summed E-state index contributed by atoms with van der Waals surface area (Å²) in [6.07, 6.45) is 6.93. The largest absolute Gasteiger partial charge is 0.313 e. The van der Waals surface area contributed by atoms with Gasteiger partial charge >= 0.3 is 0 Å². The van der Waals surface area contributed by atoms with Crippen molar-refractivity contribution in [3.8, 4) is 0 Å². The molecule has 1 aromatic rings. The van der Waals surface area contributed by atoms with E-state index >= 15 is 0 Å². The third-order valence-corrected chi connectivity index (χ3v) is 3.42. The van der Waals surface area contributed by atoms with Crippen LogP contribution in [0.2, 0.25) is 0 Å². The molecule has 0 spiro atoms. The lowest BCUT2D eigenvalue weighted by Gasteiger charge is -2.16. The van der Waals surface area contributed by atoms with Gasteiger partial charge < -0.3 is 5.32 Å². The first-order chi connectivity index (χ1) is 7.22. The number of thioether (sulfide) groups is 1. The number of hydrogen-bond donors (Lipinski definition) is 1. The van der Waals surface area contributed by atoms with Crippen LogP contribution in [-0.2, 0) is 6.42 Å². The minimum absolute atomic E-state index is 0.530. The molecular weight excluding hydrogens is 204 g/mol. The van der Waals surface area contributed by atoms with Crippen LogP contribution in [0, 0.1) is 0 Å². The van der Waals surface area contributed by atoms with Crippen molar-refractivity contribution >= 4 is 11.8 Å². The van der Waals surface area contributed by atoms with E-state index in [9.17, 15) is 0 Å². The van der Waals surface area contributed by atoms with Crippen molar-refractivity contribution in [2.45, 2.75) is 31.6 Å². The van der Waals surface area contributed by atoms with Gasteiger partial charge in [-0.05, 0) is 37.3 Å². The van der Waals surface area contributed by atoms with Crippen molar-refractivity contribution in [1.82, 2.24) is 10.3 Å². The molecule has 2 unspecified atom stereocenters. The van der Waals surface area contributed by atoms with E-state index in [0.29, 0.717) is 11.3 Å². The van der Waals surface area contributed by atoms with Crippen molar-refractivity contribution in [3.05, 3.63) is 30.1 Å². The third-order valence-electron chi connectivity index (χ3n) is 2.45. The predicted molar refractivity (Wildman–Crippen MR) is 68.4 cm³/mol. The molecule has 0 aliphatic heterocycles. The molecule has 1 N–H and O–H groups in total. The van der Waals surface area contributed by atoms with E-state index in [1.54, 1.807) is 0 Å². The van der Waals surface area contributed by atoms with E-state index in [1.165, 1.54) is 5.56 Å². The summed E-state index contributed by atoms with van der Waals surface area (Å²) in [7, 11) is 0. The number of hydrogen-bond acceptors (Lipinski definition) is 3. The molecule has 0 aliphatic carbocycles. The number of nitrogens with one attached hydrogen (secondary N) is 1. The lowest BCUT2D eigenvalue weighted by atomic mass is 10.1. The summed E-state index contributed by atoms with van der Waals surface area (Å²) in [5.74, 6) is 0. The van der Waals surface area contributed by atoms with Crippen molar-refractivity contribution in [1.29, 1.82) is 0 Å². The standard InChI is InChI=1S/C12H20N2S/c1-10(14-9-11(2)15-3)8-12-4-6-13-7-5-12/h4-7,10-11,14H,8-9H2,1-3H3. The monoisotopic (exact) mass is 224 g/mol. The Morgan fingerprint density at radius 1 is 1.33 bits per heavy atom. The summed E-state index contributed by atoms with van der Waals surface area (Å²) in [6, 6.07) is 4.69. The average molecular weight is 224 g/mol. The molecule has 0 aromatic carbocycles. The van der Waals surface area contributed by atoms with Gasteiger partial charge in [-0.2, -0.15) is 11.8 Å². The zero-order valence-corrected chi connectivity index (χ0v) is 10.6. The van der Waals surface area contributed by atoms with Gasteiger partial charge in [0.05, 0.1) is 0 Å². The highest BCUT2D eigenvalue weighted by Crippen LogP contribution is 2.05. The molecule has 1 rings (SSSR count). The second-order valence-electron chi connectivity index (χ2n) is 3.92. The van der Waals surface area contributed by atoms with Crippen LogP contribution in [0.25, 0.3) is 0 Å². The fourth-order valence-corrected chi connectivity index (χ4v) is 1.66. The molecule has 3 heteroatoms. The summed E-state index contributed by atoms with van der Waals surface area (Å²) in [5, 5.41) is 4.23. The SMILES string of the molecule is CSC(C)CNC(C)Cc1ccncc1. The van der Waals surface area contributed by atoms with E-state index < -0.39 is 0 Å². The van der Waals surface area contributed by atoms with Crippen molar-refractivity contribution in [2.24, 2.45) is 0 Å². The van der Waals surface area contributed by atoms with Gasteiger partial charge in [-0.25, -0.2) is 0 Å². The zero-order chi connectivity index (χ0) is 11.1. The molecule has 2 atom stereocenters. The zero-order valence-electron chi connectivity index (χ0n) is 9.73. The number of nitrogens with zero attached hydrogens (tertiary/aromatic N) is 1. The van der Waals surface area contributed by atoms with Crippen molar-refractivity contribution in [3.63, 3.8) is 0 Å². The van der Waals surface area contributed by atoms with E-state index in [1.807, 2.05) is 24.2 Å². The maximum absolute atomic E-state index is 4.02. The average Bonchev–Trinajstić information content (AvgIpc) is 2.27. The summed E-state index contributed by atoms with van der Waals surface area (Å²) < 4.78 is 0. The Labute approximate surface area is 96.9 Å². The minimum Gasteiger partial charge on any atom is -0.313 e. The van der Waals surface area contributed by atoms with Gasteiger partial charge in [-0.1, -0.05) is 6.92 Å². The Balaban J connectivity index is 2.27. The minimum atomic E-state index is 0.530. The summed E-state index contributed by atoms with van der Waals surface area (Å²) >= 11 is 1.90. The Morgan fingerprint density at radius 2 is 2.00 bits per heavy atom. The first kappa shape index (κ1) is 12.5. The van der Waals surface area contributed by atoms with Gasteiger partial charge in [0.1, 0.15) is 0 Å². The number of rotatable bonds is 6. The van der Waals surface area contributed by atoms with Crippen LogP contribution in [0.1, 0.15) is 19.4 Å². The molecule has 0 saturated heterocycles. The highest BCUT2D eigenvalue weighted by molar-refractivity contribution is 7.99. The first-order valence-corrected chi connectivity index (χ1v) is 6.66. The molecule has 1 aromatic heterocycles. The molecule has 15 heavy (non-hydrogen) atoms. The molecule has 0 amide bonds. The Bertz CT molecular complexity index is 264. The highest BCUT2D eigenvalue weighted by Gasteiger charge is 2.04. The quantitative estimate of drug-likeness (QED) is 0.803. The van der Waals surface area contributed by atoms with Crippen LogP contribution >= 0.6 is 11.8 Å². The topological polar surface area (TPSA) is 24.9 Å². The van der Waals surface area contributed by atoms with E-state index in [2.05, 4.69) is 42.5 Å². The van der Waals surface area contributed by atoms with Gasteiger partial charge in [0.15, 0.2) is 0 Å². The first-order valence-electron chi connectivity index (χ1n) is 5.37. The van der Waals surface area contributed by atoms with E-state index in [-0.39, 0.29) is 0 Å². The van der Waals surface area contributed by atoms with Gasteiger partial charge in [0, 0.05) is 30.2 Å². The smallest absolute Gasteiger partial charge is 0.0270 e. The van der Waals surface area contributed by atoms with Crippen LogP contribution in [0.5, 0.6) is 0 Å². The van der Waals surface area contributed by atoms with E-state index in [0.717, 1.165) is 13.0 Å². The normalized spacial score (nSPS) is 14.9. The van der Waals surface area contributed by atoms with Crippen molar-refractivity contribution in [2.75, 3.05) is 12.8 Å². The molecule has 2 nitrogen and oxygen atoms in total. The molecule has 0 bridgehead atoms. The molecular formula is C12H20N2S. The van der Waals surface area contributed by atoms with Gasteiger partial charge in [-0.3, -0.25) is 4.98 Å². The lowest BCUT2D eigenvalue weighted by Crippen LogP contribution is -2.32. The Morgan fingerprint density at radius 3 is 2.60 bits per heavy atom. The van der Waals surface area contributed by atoms with Crippen molar-refractivity contribution < 1.29 is 0 Å². The van der Waals surface area contributed by atoms with Crippen LogP contribution in [0.4, 0.5) is 0 Å². The summed E-state index contributed by atoms with van der Waals surface area (Å²) in [5.41, 5.74) is 1.35. The second-order valence-corrected chi connectivity index (χ2v) is 5.19. The maximum Gasteiger partial charge on any atom is 0.0270 e. The second kappa shape index (κ2) is 6.85. The van der Waals surface area contributed by atoms with Gasteiger partial charge in [-0.15, -0.1) is 0 Å². The lowest BCUT2D eigenvalue weighted by molar-refractivity contribution is 0.548. The number of pyridine rings is 1. The third kappa shape index (κ3) is 5.19. The molecule has 0 fully saturated rings. The predicted octanol–water partition coefficient (Wildman–Crippen LogP) is 2.35. The number of aromatic nitrogens is 1. The summed E-state index contributed by atoms with van der Waals surface area (Å²) in [6.45, 7) is 5.55. The summed E-state index contributed by atoms with van der Waals surface area (Å²) in [4.78, 5) is 4.02. The fraction of sp³-hybridized carbons (Fsp3) is 0.583. The molecule has 1 heterocycles. The molecule has 0 aliphatic rings. The van der Waals surface area contributed by atoms with Crippen LogP contribution < -0.4 is 5.32 Å². The molecule has 84 valence electrons. The Hall–Kier alpha value is -0.540. The van der Waals surface area contributed by atoms with Gasteiger partial charge in [0.25, 0.3) is 0 Å². The molecule has 0 saturated carbocycles. The Kier molecular flexibility index (Phi) is 5.73. The molecule has 0 radical (unpaired) electrons. The fourth-order valence-electron chi connectivity index (χ4n) is 1.40. The van der Waals surface area contributed by atoms with Crippen LogP contribution in [-0.4, -0.2) is 29.1 Å². The van der Waals surface area contributed by atoms with Crippen LogP contribution in [0.15, 0.2) is 24.5 Å².